The van der Waals surface area contributed by atoms with Crippen LogP contribution in [-0.2, 0) is 9.53 Å². The number of carbonyl (C=O) groups is 2. The number of halogens is 1. The number of rotatable bonds is 5. The van der Waals surface area contributed by atoms with E-state index in [-0.39, 0.29) is 17.9 Å². The van der Waals surface area contributed by atoms with Gasteiger partial charge in [-0.2, -0.15) is 0 Å². The Morgan fingerprint density at radius 1 is 1.36 bits per heavy atom. The number of nitrogens with one attached hydrogen (secondary N) is 1. The first-order valence-corrected chi connectivity index (χ1v) is 8.22. The summed E-state index contributed by atoms with van der Waals surface area (Å²) in [5.74, 6) is 0.0593. The molecule has 22 heavy (non-hydrogen) atoms. The van der Waals surface area contributed by atoms with Crippen LogP contribution in [0.1, 0.15) is 29.6 Å². The van der Waals surface area contributed by atoms with E-state index in [0.29, 0.717) is 31.7 Å². The second-order valence-electron chi connectivity index (χ2n) is 5.38. The van der Waals surface area contributed by atoms with Gasteiger partial charge in [0.2, 0.25) is 5.91 Å². The van der Waals surface area contributed by atoms with Crippen molar-refractivity contribution in [2.45, 2.75) is 25.3 Å². The van der Waals surface area contributed by atoms with Crippen molar-refractivity contribution >= 4 is 27.7 Å². The quantitative estimate of drug-likeness (QED) is 0.866. The fourth-order valence-corrected chi connectivity index (χ4v) is 2.92. The van der Waals surface area contributed by atoms with Gasteiger partial charge in [-0.3, -0.25) is 9.59 Å². The zero-order valence-corrected chi connectivity index (χ0v) is 14.3. The maximum atomic E-state index is 12.2. The van der Waals surface area contributed by atoms with E-state index in [0.717, 1.165) is 17.3 Å². The Morgan fingerprint density at radius 2 is 2.09 bits per heavy atom. The molecule has 120 valence electrons. The normalized spacial score (nSPS) is 15.6. The van der Waals surface area contributed by atoms with Gasteiger partial charge in [0.25, 0.3) is 5.91 Å². The minimum atomic E-state index is -0.0644. The highest BCUT2D eigenvalue weighted by Crippen LogP contribution is 2.14. The van der Waals surface area contributed by atoms with Crippen LogP contribution in [0.5, 0.6) is 0 Å². The molecule has 1 fully saturated rings. The standard InChI is InChI=1S/C16H21BrN2O3/c1-22-10-7-15(20)19-8-5-14(6-9-19)18-16(21)12-3-2-4-13(17)11-12/h2-4,11,14H,5-10H2,1H3,(H,18,21). The molecule has 2 amide bonds. The van der Waals surface area contributed by atoms with Crippen molar-refractivity contribution in [2.24, 2.45) is 0 Å². The highest BCUT2D eigenvalue weighted by Gasteiger charge is 2.23. The number of piperidine rings is 1. The minimum Gasteiger partial charge on any atom is -0.384 e. The van der Waals surface area contributed by atoms with E-state index < -0.39 is 0 Å². The molecule has 1 aromatic carbocycles. The lowest BCUT2D eigenvalue weighted by Crippen LogP contribution is -2.46. The Labute approximate surface area is 139 Å². The van der Waals surface area contributed by atoms with Crippen molar-refractivity contribution < 1.29 is 14.3 Å². The van der Waals surface area contributed by atoms with Crippen molar-refractivity contribution in [3.05, 3.63) is 34.3 Å². The highest BCUT2D eigenvalue weighted by atomic mass is 79.9. The van der Waals surface area contributed by atoms with E-state index in [1.807, 2.05) is 17.0 Å². The van der Waals surface area contributed by atoms with Gasteiger partial charge in [0, 0.05) is 36.3 Å². The maximum Gasteiger partial charge on any atom is 0.251 e. The summed E-state index contributed by atoms with van der Waals surface area (Å²) in [7, 11) is 1.59. The fourth-order valence-electron chi connectivity index (χ4n) is 2.52. The zero-order chi connectivity index (χ0) is 15.9. The summed E-state index contributed by atoms with van der Waals surface area (Å²) in [6, 6.07) is 7.46. The van der Waals surface area contributed by atoms with Crippen molar-refractivity contribution in [3.8, 4) is 0 Å². The lowest BCUT2D eigenvalue weighted by molar-refractivity contribution is -0.133. The number of benzene rings is 1. The van der Waals surface area contributed by atoms with Crippen molar-refractivity contribution in [3.63, 3.8) is 0 Å². The van der Waals surface area contributed by atoms with Crippen LogP contribution in [0.25, 0.3) is 0 Å². The Kier molecular flexibility index (Phi) is 6.39. The van der Waals surface area contributed by atoms with Crippen LogP contribution in [-0.4, -0.2) is 49.6 Å². The van der Waals surface area contributed by atoms with E-state index in [1.165, 1.54) is 0 Å². The van der Waals surface area contributed by atoms with Crippen LogP contribution in [0.2, 0.25) is 0 Å². The average Bonchev–Trinajstić information content (AvgIpc) is 2.53. The molecule has 1 heterocycles. The smallest absolute Gasteiger partial charge is 0.251 e. The van der Waals surface area contributed by atoms with Crippen molar-refractivity contribution in [1.29, 1.82) is 0 Å². The predicted molar refractivity (Wildman–Crippen MR) is 87.7 cm³/mol. The largest absolute Gasteiger partial charge is 0.384 e. The molecule has 0 aliphatic carbocycles. The number of nitrogens with zero attached hydrogens (tertiary/aromatic N) is 1. The first-order chi connectivity index (χ1) is 10.6. The van der Waals surface area contributed by atoms with Crippen LogP contribution in [0.4, 0.5) is 0 Å². The van der Waals surface area contributed by atoms with Gasteiger partial charge in [-0.1, -0.05) is 22.0 Å². The van der Waals surface area contributed by atoms with Crippen LogP contribution in [0, 0.1) is 0 Å². The first-order valence-electron chi connectivity index (χ1n) is 7.43. The molecular formula is C16H21BrN2O3. The molecule has 0 atom stereocenters. The molecule has 0 unspecified atom stereocenters. The summed E-state index contributed by atoms with van der Waals surface area (Å²) < 4.78 is 5.82. The third-order valence-electron chi connectivity index (χ3n) is 3.79. The molecule has 5 nitrogen and oxygen atoms in total. The fraction of sp³-hybridized carbons (Fsp3) is 0.500. The monoisotopic (exact) mass is 368 g/mol. The molecule has 0 bridgehead atoms. The van der Waals surface area contributed by atoms with Gasteiger partial charge in [-0.15, -0.1) is 0 Å². The summed E-state index contributed by atoms with van der Waals surface area (Å²) in [5, 5.41) is 3.04. The maximum absolute atomic E-state index is 12.2. The van der Waals surface area contributed by atoms with Crippen LogP contribution >= 0.6 is 15.9 Å². The second kappa shape index (κ2) is 8.29. The molecule has 6 heteroatoms. The Hall–Kier alpha value is -1.40. The van der Waals surface area contributed by atoms with Crippen LogP contribution < -0.4 is 5.32 Å². The van der Waals surface area contributed by atoms with E-state index in [2.05, 4.69) is 21.2 Å². The van der Waals surface area contributed by atoms with E-state index >= 15 is 0 Å². The summed E-state index contributed by atoms with van der Waals surface area (Å²) in [6.07, 6.45) is 2.00. The SMILES string of the molecule is COCCC(=O)N1CCC(NC(=O)c2cccc(Br)c2)CC1. The number of ether oxygens (including phenoxy) is 1. The minimum absolute atomic E-state index is 0.0644. The molecule has 0 aromatic heterocycles. The number of hydrogen-bond acceptors (Lipinski definition) is 3. The lowest BCUT2D eigenvalue weighted by Gasteiger charge is -2.32. The van der Waals surface area contributed by atoms with Gasteiger partial charge in [0.15, 0.2) is 0 Å². The van der Waals surface area contributed by atoms with Gasteiger partial charge in [0.05, 0.1) is 13.0 Å². The first kappa shape index (κ1) is 17.0. The molecule has 0 spiro atoms. The van der Waals surface area contributed by atoms with E-state index in [1.54, 1.807) is 19.2 Å². The van der Waals surface area contributed by atoms with Gasteiger partial charge >= 0.3 is 0 Å². The third kappa shape index (κ3) is 4.81. The summed E-state index contributed by atoms with van der Waals surface area (Å²) in [6.45, 7) is 1.83. The highest BCUT2D eigenvalue weighted by molar-refractivity contribution is 9.10. The van der Waals surface area contributed by atoms with Gasteiger partial charge < -0.3 is 15.0 Å². The molecule has 0 radical (unpaired) electrons. The van der Waals surface area contributed by atoms with Crippen molar-refractivity contribution in [2.75, 3.05) is 26.8 Å². The third-order valence-corrected chi connectivity index (χ3v) is 4.28. The summed E-state index contributed by atoms with van der Waals surface area (Å²) in [5.41, 5.74) is 0.646. The van der Waals surface area contributed by atoms with E-state index in [9.17, 15) is 9.59 Å². The molecule has 2 rings (SSSR count). The van der Waals surface area contributed by atoms with Gasteiger partial charge in [-0.05, 0) is 31.0 Å². The topological polar surface area (TPSA) is 58.6 Å². The van der Waals surface area contributed by atoms with Gasteiger partial charge in [-0.25, -0.2) is 0 Å². The molecular weight excluding hydrogens is 348 g/mol. The predicted octanol–water partition coefficient (Wildman–Crippen LogP) is 2.21. The van der Waals surface area contributed by atoms with Gasteiger partial charge in [0.1, 0.15) is 0 Å². The lowest BCUT2D eigenvalue weighted by atomic mass is 10.0. The van der Waals surface area contributed by atoms with Crippen molar-refractivity contribution in [1.82, 2.24) is 10.2 Å². The van der Waals surface area contributed by atoms with Crippen LogP contribution in [0.15, 0.2) is 28.7 Å². The number of likely N-dealkylation sites (tertiary alicyclic amines) is 1. The number of amides is 2. The second-order valence-corrected chi connectivity index (χ2v) is 6.30. The Balaban J connectivity index is 1.80. The molecule has 1 saturated heterocycles. The molecule has 0 saturated carbocycles. The molecule has 1 aromatic rings. The number of carbonyl (C=O) groups excluding carboxylic acids is 2. The Bertz CT molecular complexity index is 528. The molecule has 1 aliphatic heterocycles. The molecule has 1 aliphatic rings. The van der Waals surface area contributed by atoms with E-state index in [4.69, 9.17) is 4.74 Å². The number of hydrogen-bond donors (Lipinski definition) is 1. The zero-order valence-electron chi connectivity index (χ0n) is 12.7. The van der Waals surface area contributed by atoms with Crippen LogP contribution in [0.3, 0.4) is 0 Å². The summed E-state index contributed by atoms with van der Waals surface area (Å²) >= 11 is 3.37. The molecule has 1 N–H and O–H groups in total. The summed E-state index contributed by atoms with van der Waals surface area (Å²) in [4.78, 5) is 25.9. The Morgan fingerprint density at radius 3 is 2.73 bits per heavy atom. The number of methoxy groups -OCH3 is 1. The average molecular weight is 369 g/mol.